The Hall–Kier alpha value is -3.09. The van der Waals surface area contributed by atoms with Crippen LogP contribution < -0.4 is 9.47 Å². The molecule has 30 heavy (non-hydrogen) atoms. The van der Waals surface area contributed by atoms with Gasteiger partial charge in [0, 0.05) is 17.5 Å². The molecule has 2 aromatic carbocycles. The minimum atomic E-state index is -0.524. The average Bonchev–Trinajstić information content (AvgIpc) is 3.11. The number of ether oxygens (including phenoxy) is 3. The third-order valence-corrected chi connectivity index (χ3v) is 5.03. The lowest BCUT2D eigenvalue weighted by Gasteiger charge is -2.17. The van der Waals surface area contributed by atoms with E-state index in [0.29, 0.717) is 35.3 Å². The highest BCUT2D eigenvalue weighted by atomic mass is 19.1. The van der Waals surface area contributed by atoms with Gasteiger partial charge in [-0.15, -0.1) is 0 Å². The van der Waals surface area contributed by atoms with Crippen molar-refractivity contribution in [1.82, 2.24) is 0 Å². The Bertz CT molecular complexity index is 969. The SMILES string of the molecule is CCCc1c(OCC2Cc3cc(CC(=O)OC)cc(F)c3O2)ccc(C(C)=O)c1O. The number of aromatic hydroxyl groups is 1. The van der Waals surface area contributed by atoms with Gasteiger partial charge < -0.3 is 19.3 Å². The van der Waals surface area contributed by atoms with Gasteiger partial charge in [0.05, 0.1) is 19.1 Å². The molecule has 0 aromatic heterocycles. The summed E-state index contributed by atoms with van der Waals surface area (Å²) < 4.78 is 30.6. The zero-order chi connectivity index (χ0) is 21.8. The van der Waals surface area contributed by atoms with E-state index in [1.165, 1.54) is 26.2 Å². The standard InChI is InChI=1S/C23H25FO6/c1-4-5-18-20(7-6-17(13(2)25)22(18)27)29-12-16-11-15-8-14(10-21(26)28-3)9-19(24)23(15)30-16/h6-9,16,27H,4-5,10-12H2,1-3H3. The number of rotatable bonds is 8. The first-order valence-corrected chi connectivity index (χ1v) is 9.87. The highest BCUT2D eigenvalue weighted by molar-refractivity contribution is 5.97. The van der Waals surface area contributed by atoms with Gasteiger partial charge in [0.25, 0.3) is 0 Å². The van der Waals surface area contributed by atoms with Gasteiger partial charge in [0.1, 0.15) is 24.2 Å². The van der Waals surface area contributed by atoms with Crippen LogP contribution in [0.5, 0.6) is 17.2 Å². The number of ketones is 1. The zero-order valence-corrected chi connectivity index (χ0v) is 17.3. The van der Waals surface area contributed by atoms with Crippen molar-refractivity contribution in [3.63, 3.8) is 0 Å². The first-order valence-electron chi connectivity index (χ1n) is 9.87. The predicted molar refractivity (Wildman–Crippen MR) is 108 cm³/mol. The largest absolute Gasteiger partial charge is 0.507 e. The quantitative estimate of drug-likeness (QED) is 0.521. The second-order valence-corrected chi connectivity index (χ2v) is 7.32. The van der Waals surface area contributed by atoms with Crippen molar-refractivity contribution in [2.45, 2.75) is 45.6 Å². The number of esters is 1. The second kappa shape index (κ2) is 9.15. The second-order valence-electron chi connectivity index (χ2n) is 7.32. The van der Waals surface area contributed by atoms with Crippen LogP contribution in [0, 0.1) is 5.82 Å². The van der Waals surface area contributed by atoms with Crippen LogP contribution >= 0.6 is 0 Å². The molecule has 6 nitrogen and oxygen atoms in total. The van der Waals surface area contributed by atoms with Crippen molar-refractivity contribution in [3.8, 4) is 17.2 Å². The fourth-order valence-electron chi connectivity index (χ4n) is 3.60. The zero-order valence-electron chi connectivity index (χ0n) is 17.3. The number of Topliss-reactive ketones (excluding diaryl/α,β-unsaturated/α-hetero) is 1. The van der Waals surface area contributed by atoms with E-state index < -0.39 is 17.9 Å². The lowest BCUT2D eigenvalue weighted by atomic mass is 10.0. The number of carbonyl (C=O) groups is 2. The first kappa shape index (κ1) is 21.6. The first-order chi connectivity index (χ1) is 14.3. The Balaban J connectivity index is 1.72. The van der Waals surface area contributed by atoms with Gasteiger partial charge in [-0.05, 0) is 37.1 Å². The molecule has 3 rings (SSSR count). The molecule has 160 valence electrons. The Morgan fingerprint density at radius 2 is 2.07 bits per heavy atom. The van der Waals surface area contributed by atoms with Gasteiger partial charge in [-0.2, -0.15) is 0 Å². The van der Waals surface area contributed by atoms with Crippen LogP contribution in [0.4, 0.5) is 4.39 Å². The third kappa shape index (κ3) is 4.56. The Morgan fingerprint density at radius 1 is 1.30 bits per heavy atom. The fourth-order valence-corrected chi connectivity index (χ4v) is 3.60. The molecule has 1 atom stereocenters. The molecular weight excluding hydrogens is 391 g/mol. The smallest absolute Gasteiger partial charge is 0.309 e. The number of halogens is 1. The summed E-state index contributed by atoms with van der Waals surface area (Å²) in [7, 11) is 1.29. The van der Waals surface area contributed by atoms with Crippen LogP contribution in [0.15, 0.2) is 24.3 Å². The molecule has 0 saturated heterocycles. The van der Waals surface area contributed by atoms with Crippen molar-refractivity contribution in [3.05, 3.63) is 52.3 Å². The van der Waals surface area contributed by atoms with E-state index in [-0.39, 0.29) is 35.9 Å². The van der Waals surface area contributed by atoms with Gasteiger partial charge in [0.15, 0.2) is 17.3 Å². The summed E-state index contributed by atoms with van der Waals surface area (Å²) >= 11 is 0. The number of fused-ring (bicyclic) bond motifs is 1. The maximum atomic E-state index is 14.4. The summed E-state index contributed by atoms with van der Waals surface area (Å²) in [6.07, 6.45) is 1.34. The summed E-state index contributed by atoms with van der Waals surface area (Å²) in [5, 5.41) is 10.4. The van der Waals surface area contributed by atoms with Gasteiger partial charge in [-0.25, -0.2) is 4.39 Å². The number of phenolic OH excluding ortho intramolecular Hbond substituents is 1. The summed E-state index contributed by atoms with van der Waals surface area (Å²) in [6.45, 7) is 3.52. The number of hydrogen-bond acceptors (Lipinski definition) is 6. The molecule has 0 amide bonds. The fraction of sp³-hybridized carbons (Fsp3) is 0.391. The molecule has 0 saturated carbocycles. The van der Waals surface area contributed by atoms with Gasteiger partial charge in [0.2, 0.25) is 0 Å². The molecule has 0 bridgehead atoms. The molecule has 7 heteroatoms. The van der Waals surface area contributed by atoms with E-state index in [1.54, 1.807) is 12.1 Å². The van der Waals surface area contributed by atoms with E-state index >= 15 is 0 Å². The number of carbonyl (C=O) groups excluding carboxylic acids is 2. The van der Waals surface area contributed by atoms with Crippen molar-refractivity contribution < 1.29 is 33.3 Å². The highest BCUT2D eigenvalue weighted by Crippen LogP contribution is 2.35. The highest BCUT2D eigenvalue weighted by Gasteiger charge is 2.28. The lowest BCUT2D eigenvalue weighted by Crippen LogP contribution is -2.23. The Kier molecular flexibility index (Phi) is 6.59. The van der Waals surface area contributed by atoms with E-state index in [4.69, 9.17) is 9.47 Å². The molecule has 0 spiro atoms. The summed E-state index contributed by atoms with van der Waals surface area (Å²) in [4.78, 5) is 23.1. The van der Waals surface area contributed by atoms with Crippen molar-refractivity contribution >= 4 is 11.8 Å². The molecule has 0 fully saturated rings. The summed E-state index contributed by atoms with van der Waals surface area (Å²) in [5.41, 5.74) is 2.03. The van der Waals surface area contributed by atoms with E-state index in [0.717, 1.165) is 6.42 Å². The molecule has 0 radical (unpaired) electrons. The number of benzene rings is 2. The Labute approximate surface area is 174 Å². The van der Waals surface area contributed by atoms with Gasteiger partial charge >= 0.3 is 5.97 Å². The summed E-state index contributed by atoms with van der Waals surface area (Å²) in [5.74, 6) is -0.596. The minimum Gasteiger partial charge on any atom is -0.507 e. The molecule has 1 N–H and O–H groups in total. The van der Waals surface area contributed by atoms with Crippen molar-refractivity contribution in [2.75, 3.05) is 13.7 Å². The van der Waals surface area contributed by atoms with Crippen LogP contribution in [-0.4, -0.2) is 36.7 Å². The Morgan fingerprint density at radius 3 is 2.73 bits per heavy atom. The lowest BCUT2D eigenvalue weighted by molar-refractivity contribution is -0.139. The van der Waals surface area contributed by atoms with Crippen LogP contribution in [0.1, 0.15) is 47.3 Å². The van der Waals surface area contributed by atoms with Crippen LogP contribution in [0.2, 0.25) is 0 Å². The van der Waals surface area contributed by atoms with Crippen LogP contribution in [-0.2, 0) is 28.8 Å². The molecule has 1 unspecified atom stereocenters. The molecule has 1 heterocycles. The third-order valence-electron chi connectivity index (χ3n) is 5.03. The molecular formula is C23H25FO6. The minimum absolute atomic E-state index is 0.00990. The van der Waals surface area contributed by atoms with Crippen molar-refractivity contribution in [2.24, 2.45) is 0 Å². The van der Waals surface area contributed by atoms with Gasteiger partial charge in [-0.3, -0.25) is 9.59 Å². The molecule has 2 aromatic rings. The molecule has 1 aliphatic rings. The topological polar surface area (TPSA) is 82.1 Å². The van der Waals surface area contributed by atoms with Crippen LogP contribution in [0.25, 0.3) is 0 Å². The maximum absolute atomic E-state index is 14.4. The van der Waals surface area contributed by atoms with Gasteiger partial charge in [-0.1, -0.05) is 19.4 Å². The van der Waals surface area contributed by atoms with E-state index in [2.05, 4.69) is 4.74 Å². The monoisotopic (exact) mass is 416 g/mol. The maximum Gasteiger partial charge on any atom is 0.309 e. The normalized spacial score (nSPS) is 14.7. The number of phenols is 1. The molecule has 0 aliphatic carbocycles. The van der Waals surface area contributed by atoms with Crippen LogP contribution in [0.3, 0.4) is 0 Å². The summed E-state index contributed by atoms with van der Waals surface area (Å²) in [6, 6.07) is 6.22. The van der Waals surface area contributed by atoms with E-state index in [1.807, 2.05) is 6.92 Å². The number of hydrogen-bond donors (Lipinski definition) is 1. The average molecular weight is 416 g/mol. The predicted octanol–water partition coefficient (Wildman–Crippen LogP) is 3.78. The van der Waals surface area contributed by atoms with Crippen molar-refractivity contribution in [1.29, 1.82) is 0 Å². The van der Waals surface area contributed by atoms with E-state index in [9.17, 15) is 19.1 Å². The number of methoxy groups -OCH3 is 1. The molecule has 1 aliphatic heterocycles.